The number of nitrogens with two attached hydrogens (primary N) is 1. The molecule has 0 aliphatic carbocycles. The highest BCUT2D eigenvalue weighted by atomic mass is 19.1. The normalized spacial score (nSPS) is 13.2. The van der Waals surface area contributed by atoms with Crippen molar-refractivity contribution >= 4 is 11.7 Å². The number of oxime groups is 1. The Labute approximate surface area is 105 Å². The van der Waals surface area contributed by atoms with E-state index in [9.17, 15) is 9.18 Å². The summed E-state index contributed by atoms with van der Waals surface area (Å²) in [7, 11) is 1.56. The van der Waals surface area contributed by atoms with Crippen LogP contribution in [0.15, 0.2) is 29.4 Å². The van der Waals surface area contributed by atoms with Gasteiger partial charge in [0.25, 0.3) is 0 Å². The van der Waals surface area contributed by atoms with Gasteiger partial charge in [0.05, 0.1) is 12.5 Å². The zero-order valence-corrected chi connectivity index (χ0v) is 10.3. The lowest BCUT2D eigenvalue weighted by Crippen LogP contribution is -2.44. The molecule has 98 valence electrons. The highest BCUT2D eigenvalue weighted by Gasteiger charge is 2.19. The van der Waals surface area contributed by atoms with Crippen LogP contribution in [0.2, 0.25) is 0 Å². The van der Waals surface area contributed by atoms with Crippen LogP contribution in [-0.4, -0.2) is 34.9 Å². The van der Waals surface area contributed by atoms with Gasteiger partial charge in [-0.15, -0.1) is 0 Å². The standard InChI is InChI=1S/C12H16FN3O2/c1-8(12(14)15-18)16(2)11(17)7-9-3-5-10(13)6-4-9/h3-6,8,18H,7H2,1-2H3,(H2,14,15). The smallest absolute Gasteiger partial charge is 0.227 e. The third-order valence-corrected chi connectivity index (χ3v) is 2.79. The summed E-state index contributed by atoms with van der Waals surface area (Å²) in [6.07, 6.45) is 0.139. The minimum absolute atomic E-state index is 0.0371. The molecule has 1 amide bonds. The van der Waals surface area contributed by atoms with Gasteiger partial charge in [0.2, 0.25) is 5.91 Å². The van der Waals surface area contributed by atoms with E-state index in [0.29, 0.717) is 5.56 Å². The van der Waals surface area contributed by atoms with Crippen LogP contribution in [0, 0.1) is 5.82 Å². The number of nitrogens with zero attached hydrogens (tertiary/aromatic N) is 2. The summed E-state index contributed by atoms with van der Waals surface area (Å²) in [6, 6.07) is 5.21. The number of hydrogen-bond acceptors (Lipinski definition) is 3. The van der Waals surface area contributed by atoms with Gasteiger partial charge < -0.3 is 15.8 Å². The molecule has 18 heavy (non-hydrogen) atoms. The fraction of sp³-hybridized carbons (Fsp3) is 0.333. The Balaban J connectivity index is 2.68. The van der Waals surface area contributed by atoms with Gasteiger partial charge in [0.1, 0.15) is 5.82 Å². The van der Waals surface area contributed by atoms with E-state index in [0.717, 1.165) is 0 Å². The first-order valence-electron chi connectivity index (χ1n) is 5.43. The first kappa shape index (κ1) is 14.0. The molecule has 1 rings (SSSR count). The van der Waals surface area contributed by atoms with Gasteiger partial charge in [0, 0.05) is 7.05 Å². The zero-order valence-electron chi connectivity index (χ0n) is 10.3. The fourth-order valence-corrected chi connectivity index (χ4v) is 1.40. The Morgan fingerprint density at radius 2 is 2.06 bits per heavy atom. The molecule has 0 bridgehead atoms. The molecule has 0 fully saturated rings. The Morgan fingerprint density at radius 1 is 1.50 bits per heavy atom. The molecule has 0 saturated carbocycles. The molecule has 0 aromatic heterocycles. The number of carbonyl (C=O) groups is 1. The van der Waals surface area contributed by atoms with Gasteiger partial charge in [-0.05, 0) is 24.6 Å². The van der Waals surface area contributed by atoms with E-state index in [2.05, 4.69) is 5.16 Å². The summed E-state index contributed by atoms with van der Waals surface area (Å²) in [5.41, 5.74) is 6.13. The maximum absolute atomic E-state index is 12.7. The molecule has 5 nitrogen and oxygen atoms in total. The third kappa shape index (κ3) is 3.44. The first-order valence-corrected chi connectivity index (χ1v) is 5.43. The molecule has 0 spiro atoms. The van der Waals surface area contributed by atoms with Crippen LogP contribution in [-0.2, 0) is 11.2 Å². The Bertz CT molecular complexity index is 445. The molecule has 0 radical (unpaired) electrons. The largest absolute Gasteiger partial charge is 0.409 e. The Kier molecular flexibility index (Phi) is 4.65. The quantitative estimate of drug-likeness (QED) is 0.363. The fourth-order valence-electron chi connectivity index (χ4n) is 1.40. The van der Waals surface area contributed by atoms with Gasteiger partial charge >= 0.3 is 0 Å². The third-order valence-electron chi connectivity index (χ3n) is 2.79. The van der Waals surface area contributed by atoms with Gasteiger partial charge in [-0.1, -0.05) is 17.3 Å². The van der Waals surface area contributed by atoms with Gasteiger partial charge in [0.15, 0.2) is 5.84 Å². The predicted molar refractivity (Wildman–Crippen MR) is 65.7 cm³/mol. The monoisotopic (exact) mass is 253 g/mol. The number of hydrogen-bond donors (Lipinski definition) is 2. The maximum Gasteiger partial charge on any atom is 0.227 e. The molecule has 0 heterocycles. The molecule has 1 atom stereocenters. The van der Waals surface area contributed by atoms with E-state index in [1.54, 1.807) is 26.1 Å². The van der Waals surface area contributed by atoms with Crippen LogP contribution < -0.4 is 5.73 Å². The second kappa shape index (κ2) is 6.00. The number of halogens is 1. The van der Waals surface area contributed by atoms with Gasteiger partial charge in [-0.2, -0.15) is 0 Å². The SMILES string of the molecule is CC(C(N)=NO)N(C)C(=O)Cc1ccc(F)cc1. The molecule has 0 aliphatic rings. The van der Waals surface area contributed by atoms with Gasteiger partial charge in [-0.25, -0.2) is 4.39 Å². The number of carbonyl (C=O) groups excluding carboxylic acids is 1. The average Bonchev–Trinajstić information content (AvgIpc) is 2.38. The van der Waals surface area contributed by atoms with Crippen LogP contribution in [0.1, 0.15) is 12.5 Å². The van der Waals surface area contributed by atoms with E-state index in [1.165, 1.54) is 17.0 Å². The van der Waals surface area contributed by atoms with Crippen molar-refractivity contribution < 1.29 is 14.4 Å². The summed E-state index contributed by atoms with van der Waals surface area (Å²) in [6.45, 7) is 1.65. The van der Waals surface area contributed by atoms with E-state index in [-0.39, 0.29) is 24.0 Å². The second-order valence-electron chi connectivity index (χ2n) is 4.01. The van der Waals surface area contributed by atoms with E-state index in [1.807, 2.05) is 0 Å². The van der Waals surface area contributed by atoms with E-state index in [4.69, 9.17) is 10.9 Å². The topological polar surface area (TPSA) is 78.9 Å². The summed E-state index contributed by atoms with van der Waals surface area (Å²) in [5, 5.41) is 11.4. The minimum atomic E-state index is -0.497. The molecule has 0 aliphatic heterocycles. The van der Waals surface area contributed by atoms with Gasteiger partial charge in [-0.3, -0.25) is 4.79 Å². The number of amidine groups is 1. The highest BCUT2D eigenvalue weighted by Crippen LogP contribution is 2.06. The van der Waals surface area contributed by atoms with Crippen LogP contribution >= 0.6 is 0 Å². The molecule has 1 unspecified atom stereocenters. The summed E-state index contributed by atoms with van der Waals surface area (Å²) < 4.78 is 12.7. The van der Waals surface area contributed by atoms with Crippen molar-refractivity contribution in [1.29, 1.82) is 0 Å². The Morgan fingerprint density at radius 3 is 2.56 bits per heavy atom. The van der Waals surface area contributed by atoms with E-state index >= 15 is 0 Å². The van der Waals surface area contributed by atoms with Crippen molar-refractivity contribution in [2.75, 3.05) is 7.05 Å². The zero-order chi connectivity index (χ0) is 13.7. The van der Waals surface area contributed by atoms with Crippen molar-refractivity contribution in [2.45, 2.75) is 19.4 Å². The first-order chi connectivity index (χ1) is 8.45. The van der Waals surface area contributed by atoms with Crippen molar-refractivity contribution in [3.8, 4) is 0 Å². The molecule has 6 heteroatoms. The second-order valence-corrected chi connectivity index (χ2v) is 4.01. The van der Waals surface area contributed by atoms with Crippen molar-refractivity contribution in [3.05, 3.63) is 35.6 Å². The lowest BCUT2D eigenvalue weighted by Gasteiger charge is -2.23. The van der Waals surface area contributed by atoms with Crippen molar-refractivity contribution in [2.24, 2.45) is 10.9 Å². The molecular formula is C12H16FN3O2. The number of rotatable bonds is 4. The van der Waals surface area contributed by atoms with Crippen LogP contribution in [0.25, 0.3) is 0 Å². The van der Waals surface area contributed by atoms with Crippen LogP contribution in [0.3, 0.4) is 0 Å². The molecule has 1 aromatic rings. The average molecular weight is 253 g/mol. The lowest BCUT2D eigenvalue weighted by atomic mass is 10.1. The molecule has 1 aromatic carbocycles. The maximum atomic E-state index is 12.7. The summed E-state index contributed by atoms with van der Waals surface area (Å²) in [4.78, 5) is 13.3. The predicted octanol–water partition coefficient (Wildman–Crippen LogP) is 0.961. The minimum Gasteiger partial charge on any atom is -0.409 e. The van der Waals surface area contributed by atoms with Crippen LogP contribution in [0.5, 0.6) is 0 Å². The number of benzene rings is 1. The molecular weight excluding hydrogens is 237 g/mol. The van der Waals surface area contributed by atoms with Crippen molar-refractivity contribution in [1.82, 2.24) is 4.90 Å². The number of likely N-dealkylation sites (N-methyl/N-ethyl adjacent to an activating group) is 1. The summed E-state index contributed by atoms with van der Waals surface area (Å²) >= 11 is 0. The Hall–Kier alpha value is -2.11. The van der Waals surface area contributed by atoms with E-state index < -0.39 is 6.04 Å². The molecule has 3 N–H and O–H groups in total. The van der Waals surface area contributed by atoms with Crippen molar-refractivity contribution in [3.63, 3.8) is 0 Å². The summed E-state index contributed by atoms with van der Waals surface area (Å²) in [5.74, 6) is -0.574. The molecule has 0 saturated heterocycles. The number of amides is 1. The lowest BCUT2D eigenvalue weighted by molar-refractivity contribution is -0.129. The highest BCUT2D eigenvalue weighted by molar-refractivity contribution is 5.90. The van der Waals surface area contributed by atoms with Crippen LogP contribution in [0.4, 0.5) is 4.39 Å².